The van der Waals surface area contributed by atoms with E-state index in [-0.39, 0.29) is 23.8 Å². The maximum absolute atomic E-state index is 13.9. The van der Waals surface area contributed by atoms with E-state index in [1.165, 1.54) is 12.1 Å². The number of ether oxygens (including phenoxy) is 2. The van der Waals surface area contributed by atoms with Crippen LogP contribution in [0, 0.1) is 5.82 Å². The molecule has 2 atom stereocenters. The molecular weight excluding hydrogens is 395 g/mol. The van der Waals surface area contributed by atoms with Crippen LogP contribution in [0.2, 0.25) is 0 Å². The minimum atomic E-state index is -0.286. The molecule has 0 spiro atoms. The van der Waals surface area contributed by atoms with Gasteiger partial charge in [0.1, 0.15) is 17.6 Å². The van der Waals surface area contributed by atoms with Gasteiger partial charge in [0.25, 0.3) is 0 Å². The van der Waals surface area contributed by atoms with Gasteiger partial charge in [0.15, 0.2) is 17.7 Å². The molecule has 3 aromatic carbocycles. The molecule has 3 aromatic rings. The van der Waals surface area contributed by atoms with Crippen molar-refractivity contribution in [2.24, 2.45) is 0 Å². The highest BCUT2D eigenvalue weighted by Gasteiger charge is 2.30. The van der Waals surface area contributed by atoms with Crippen molar-refractivity contribution < 1.29 is 24.3 Å². The second-order valence-corrected chi connectivity index (χ2v) is 7.33. The van der Waals surface area contributed by atoms with E-state index >= 15 is 0 Å². The van der Waals surface area contributed by atoms with Gasteiger partial charge in [-0.15, -0.1) is 0 Å². The van der Waals surface area contributed by atoms with E-state index in [0.717, 1.165) is 28.1 Å². The van der Waals surface area contributed by atoms with Crippen LogP contribution in [-0.4, -0.2) is 18.8 Å². The molecule has 2 unspecified atom stereocenters. The number of para-hydroxylation sites is 1. The van der Waals surface area contributed by atoms with Crippen LogP contribution in [0.5, 0.6) is 17.2 Å². The van der Waals surface area contributed by atoms with Gasteiger partial charge < -0.3 is 25.2 Å². The second-order valence-electron chi connectivity index (χ2n) is 7.33. The summed E-state index contributed by atoms with van der Waals surface area (Å²) in [7, 11) is 1.63. The summed E-state index contributed by atoms with van der Waals surface area (Å²) < 4.78 is 24.8. The van der Waals surface area contributed by atoms with Gasteiger partial charge in [0.2, 0.25) is 0 Å². The smallest absolute Gasteiger partial charge is 0.186 e. The number of nitrogens with one attached hydrogen (secondary N) is 1. The van der Waals surface area contributed by atoms with E-state index in [1.54, 1.807) is 19.2 Å². The molecule has 4 rings (SSSR count). The molecule has 0 aliphatic carbocycles. The Labute approximate surface area is 181 Å². The van der Waals surface area contributed by atoms with Gasteiger partial charge in [-0.3, -0.25) is 0 Å². The first kappa shape index (κ1) is 20.8. The summed E-state index contributed by atoms with van der Waals surface area (Å²) in [6.07, 6.45) is 1.82. The first-order chi connectivity index (χ1) is 15.1. The van der Waals surface area contributed by atoms with E-state index in [9.17, 15) is 9.50 Å². The highest BCUT2D eigenvalue weighted by molar-refractivity contribution is 5.66. The molecule has 160 valence electrons. The lowest BCUT2D eigenvalue weighted by Gasteiger charge is -2.30. The number of methoxy groups -OCH3 is 1. The van der Waals surface area contributed by atoms with Gasteiger partial charge in [0, 0.05) is 17.3 Å². The molecule has 0 amide bonds. The minimum Gasteiger partial charge on any atom is -0.504 e. The Morgan fingerprint density at radius 1 is 1.06 bits per heavy atom. The molecule has 0 bridgehead atoms. The Bertz CT molecular complexity index is 1080. The molecule has 6 heteroatoms. The average molecular weight is 421 g/mol. The van der Waals surface area contributed by atoms with Crippen LogP contribution in [0.3, 0.4) is 0 Å². The number of benzene rings is 3. The largest absolute Gasteiger partial charge is 0.504 e. The zero-order valence-corrected chi connectivity index (χ0v) is 17.5. The maximum Gasteiger partial charge on any atom is 0.186 e. The third-order valence-corrected chi connectivity index (χ3v) is 5.35. The number of rotatable bonds is 6. The monoisotopic (exact) mass is 421 g/mol. The predicted octanol–water partition coefficient (Wildman–Crippen LogP) is 3.89. The number of phenols is 1. The molecule has 0 radical (unpaired) electrons. The first-order valence-electron chi connectivity index (χ1n) is 10.3. The van der Waals surface area contributed by atoms with Crippen molar-refractivity contribution in [1.82, 2.24) is 5.32 Å². The summed E-state index contributed by atoms with van der Waals surface area (Å²) in [5.74, 6) is 1.06. The summed E-state index contributed by atoms with van der Waals surface area (Å²) >= 11 is 0. The molecule has 1 aliphatic heterocycles. The molecule has 5 nitrogen and oxygen atoms in total. The number of phenolic OH excluding ortho intramolecular Hbond substituents is 1. The van der Waals surface area contributed by atoms with Gasteiger partial charge in [0.05, 0.1) is 19.3 Å². The molecule has 0 aromatic heterocycles. The van der Waals surface area contributed by atoms with Crippen molar-refractivity contribution in [3.8, 4) is 17.2 Å². The van der Waals surface area contributed by atoms with Gasteiger partial charge in [-0.25, -0.2) is 4.39 Å². The van der Waals surface area contributed by atoms with Gasteiger partial charge >= 0.3 is 0 Å². The van der Waals surface area contributed by atoms with Crippen LogP contribution < -0.4 is 20.1 Å². The number of aromatic hydroxyl groups is 1. The summed E-state index contributed by atoms with van der Waals surface area (Å²) in [5.41, 5.74) is 3.41. The molecular formula is C25H26FN2O3+. The van der Waals surface area contributed by atoms with E-state index in [2.05, 4.69) is 16.7 Å². The number of nitrogens with two attached hydrogens (primary N) is 1. The summed E-state index contributed by atoms with van der Waals surface area (Å²) in [4.78, 5) is 0. The fraction of sp³-hybridized carbons (Fsp3) is 0.200. The van der Waals surface area contributed by atoms with Gasteiger partial charge in [-0.1, -0.05) is 18.2 Å². The lowest BCUT2D eigenvalue weighted by Crippen LogP contribution is -2.89. The molecule has 0 saturated carbocycles. The first-order valence-corrected chi connectivity index (χ1v) is 10.3. The Morgan fingerprint density at radius 3 is 2.55 bits per heavy atom. The maximum atomic E-state index is 13.9. The van der Waals surface area contributed by atoms with E-state index in [4.69, 9.17) is 9.47 Å². The number of hydrogen-bond donors (Lipinski definition) is 3. The van der Waals surface area contributed by atoms with Crippen molar-refractivity contribution in [1.29, 1.82) is 0 Å². The Kier molecular flexibility index (Phi) is 6.09. The number of quaternary nitrogens is 1. The molecule has 1 aliphatic rings. The highest BCUT2D eigenvalue weighted by Crippen LogP contribution is 2.35. The molecule has 0 fully saturated rings. The Morgan fingerprint density at radius 2 is 1.84 bits per heavy atom. The normalized spacial score (nSPS) is 18.1. The minimum absolute atomic E-state index is 0.121. The van der Waals surface area contributed by atoms with Crippen LogP contribution in [0.15, 0.2) is 72.8 Å². The second kappa shape index (κ2) is 9.10. The highest BCUT2D eigenvalue weighted by atomic mass is 19.1. The molecule has 1 heterocycles. The standard InChI is InChI=1S/C25H25FN2O3/c1-3-31-23-9-5-8-20(24(23)29)22-15-21(16-10-12-19(30-2)13-11-16)27-25(28-22)17-6-4-7-18(26)14-17/h4-15,22,25,27-29H,3H2,1-2H3/p+1. The van der Waals surface area contributed by atoms with Crippen molar-refractivity contribution in [2.75, 3.05) is 13.7 Å². The van der Waals surface area contributed by atoms with Crippen molar-refractivity contribution in [3.63, 3.8) is 0 Å². The van der Waals surface area contributed by atoms with E-state index in [1.807, 2.05) is 49.4 Å². The third-order valence-electron chi connectivity index (χ3n) is 5.35. The van der Waals surface area contributed by atoms with Crippen LogP contribution in [-0.2, 0) is 0 Å². The summed E-state index contributed by atoms with van der Waals surface area (Å²) in [6, 6.07) is 19.6. The zero-order chi connectivity index (χ0) is 21.8. The lowest BCUT2D eigenvalue weighted by atomic mass is 9.97. The fourth-order valence-electron chi connectivity index (χ4n) is 3.82. The fourth-order valence-corrected chi connectivity index (χ4v) is 3.82. The topological polar surface area (TPSA) is 67.3 Å². The van der Waals surface area contributed by atoms with Crippen molar-refractivity contribution in [3.05, 3.63) is 95.3 Å². The molecule has 4 N–H and O–H groups in total. The quantitative estimate of drug-likeness (QED) is 0.565. The third kappa shape index (κ3) is 4.49. The van der Waals surface area contributed by atoms with E-state index in [0.29, 0.717) is 12.4 Å². The van der Waals surface area contributed by atoms with Gasteiger partial charge in [-0.2, -0.15) is 0 Å². The van der Waals surface area contributed by atoms with Crippen LogP contribution >= 0.6 is 0 Å². The van der Waals surface area contributed by atoms with Crippen molar-refractivity contribution in [2.45, 2.75) is 19.1 Å². The summed E-state index contributed by atoms with van der Waals surface area (Å²) in [5, 5.41) is 16.4. The zero-order valence-electron chi connectivity index (χ0n) is 17.5. The average Bonchev–Trinajstić information content (AvgIpc) is 2.80. The van der Waals surface area contributed by atoms with Crippen LogP contribution in [0.4, 0.5) is 4.39 Å². The Balaban J connectivity index is 1.76. The lowest BCUT2D eigenvalue weighted by molar-refractivity contribution is -0.731. The van der Waals surface area contributed by atoms with E-state index < -0.39 is 0 Å². The summed E-state index contributed by atoms with van der Waals surface area (Å²) in [6.45, 7) is 2.34. The van der Waals surface area contributed by atoms with Crippen molar-refractivity contribution >= 4 is 5.70 Å². The van der Waals surface area contributed by atoms with Crippen LogP contribution in [0.1, 0.15) is 35.8 Å². The Hall–Kier alpha value is -3.51. The number of halogens is 1. The van der Waals surface area contributed by atoms with Crippen LogP contribution in [0.25, 0.3) is 5.70 Å². The number of hydrogen-bond acceptors (Lipinski definition) is 4. The molecule has 31 heavy (non-hydrogen) atoms. The predicted molar refractivity (Wildman–Crippen MR) is 117 cm³/mol. The van der Waals surface area contributed by atoms with Gasteiger partial charge in [-0.05, 0) is 61.0 Å². The molecule has 0 saturated heterocycles. The SMILES string of the molecule is CCOc1cccc(C2C=C(c3ccc(OC)cc3)NC(c3cccc(F)c3)[NH2+]2)c1O.